The Kier molecular flexibility index (Phi) is 6.28. The summed E-state index contributed by atoms with van der Waals surface area (Å²) >= 11 is 0. The van der Waals surface area contributed by atoms with Crippen molar-refractivity contribution in [3.05, 3.63) is 29.8 Å². The molecule has 2 saturated heterocycles. The highest BCUT2D eigenvalue weighted by Crippen LogP contribution is 2.16. The van der Waals surface area contributed by atoms with Crippen LogP contribution < -0.4 is 10.5 Å². The highest BCUT2D eigenvalue weighted by atomic mass is 16.5. The average Bonchev–Trinajstić information content (AvgIpc) is 2.59. The van der Waals surface area contributed by atoms with E-state index in [0.717, 1.165) is 77.7 Å². The van der Waals surface area contributed by atoms with Crippen LogP contribution in [-0.4, -0.2) is 68.4 Å². The van der Waals surface area contributed by atoms with Crippen LogP contribution >= 0.6 is 0 Å². The summed E-state index contributed by atoms with van der Waals surface area (Å²) in [5.74, 6) is 0.961. The minimum Gasteiger partial charge on any atom is -0.492 e. The highest BCUT2D eigenvalue weighted by Gasteiger charge is 2.15. The molecule has 0 aliphatic carbocycles. The van der Waals surface area contributed by atoms with Crippen LogP contribution in [0.1, 0.15) is 18.4 Å². The molecule has 0 spiro atoms. The first-order chi connectivity index (χ1) is 11.3. The number of rotatable bonds is 6. The zero-order chi connectivity index (χ0) is 15.9. The van der Waals surface area contributed by atoms with E-state index in [2.05, 4.69) is 34.1 Å². The Bertz CT molecular complexity index is 452. The first-order valence-electron chi connectivity index (χ1n) is 8.79. The number of hydrogen-bond donors (Lipinski definition) is 1. The number of nitrogens with zero attached hydrogens (tertiary/aromatic N) is 2. The molecule has 2 N–H and O–H groups in total. The largest absolute Gasteiger partial charge is 0.492 e. The van der Waals surface area contributed by atoms with E-state index in [1.165, 1.54) is 5.56 Å². The summed E-state index contributed by atoms with van der Waals surface area (Å²) in [5, 5.41) is 0. The lowest BCUT2D eigenvalue weighted by Gasteiger charge is -2.30. The summed E-state index contributed by atoms with van der Waals surface area (Å²) in [7, 11) is 0. The third kappa shape index (κ3) is 5.46. The Labute approximate surface area is 139 Å². The molecule has 5 heteroatoms. The van der Waals surface area contributed by atoms with Gasteiger partial charge in [-0.1, -0.05) is 12.1 Å². The van der Waals surface area contributed by atoms with Crippen molar-refractivity contribution >= 4 is 0 Å². The number of nitrogens with two attached hydrogens (primary N) is 1. The third-order valence-electron chi connectivity index (χ3n) is 4.74. The quantitative estimate of drug-likeness (QED) is 0.857. The molecule has 0 radical (unpaired) electrons. The second-order valence-corrected chi connectivity index (χ2v) is 6.56. The molecular weight excluding hydrogens is 290 g/mol. The molecule has 0 saturated carbocycles. The van der Waals surface area contributed by atoms with Gasteiger partial charge in [0.2, 0.25) is 0 Å². The maximum absolute atomic E-state index is 5.96. The van der Waals surface area contributed by atoms with Crippen LogP contribution in [0.5, 0.6) is 5.75 Å². The van der Waals surface area contributed by atoms with Gasteiger partial charge in [-0.2, -0.15) is 0 Å². The van der Waals surface area contributed by atoms with Gasteiger partial charge >= 0.3 is 0 Å². The van der Waals surface area contributed by atoms with Gasteiger partial charge in [-0.15, -0.1) is 0 Å². The van der Waals surface area contributed by atoms with Crippen LogP contribution in [0.15, 0.2) is 24.3 Å². The van der Waals surface area contributed by atoms with Gasteiger partial charge < -0.3 is 15.2 Å². The van der Waals surface area contributed by atoms with Crippen molar-refractivity contribution in [2.24, 2.45) is 5.73 Å². The number of benzene rings is 1. The molecule has 0 aromatic heterocycles. The molecule has 2 aliphatic heterocycles. The van der Waals surface area contributed by atoms with Gasteiger partial charge in [0, 0.05) is 32.2 Å². The van der Waals surface area contributed by atoms with Crippen molar-refractivity contribution in [1.29, 1.82) is 0 Å². The first-order valence-corrected chi connectivity index (χ1v) is 8.79. The van der Waals surface area contributed by atoms with Gasteiger partial charge in [0.25, 0.3) is 0 Å². The van der Waals surface area contributed by atoms with E-state index in [0.29, 0.717) is 6.04 Å². The van der Waals surface area contributed by atoms with Crippen molar-refractivity contribution < 1.29 is 9.47 Å². The van der Waals surface area contributed by atoms with Crippen molar-refractivity contribution in [3.8, 4) is 5.75 Å². The molecule has 3 rings (SSSR count). The van der Waals surface area contributed by atoms with Gasteiger partial charge in [-0.05, 0) is 43.6 Å². The van der Waals surface area contributed by atoms with Crippen LogP contribution in [0.3, 0.4) is 0 Å². The zero-order valence-corrected chi connectivity index (χ0v) is 14.0. The molecule has 0 atom stereocenters. The number of ether oxygens (including phenoxy) is 2. The lowest BCUT2D eigenvalue weighted by atomic mass is 10.1. The first kappa shape index (κ1) is 16.7. The van der Waals surface area contributed by atoms with Crippen molar-refractivity contribution in [2.45, 2.75) is 25.4 Å². The zero-order valence-electron chi connectivity index (χ0n) is 14.0. The van der Waals surface area contributed by atoms with Crippen LogP contribution in [0, 0.1) is 0 Å². The predicted molar refractivity (Wildman–Crippen MR) is 91.7 cm³/mol. The second kappa shape index (κ2) is 8.64. The summed E-state index contributed by atoms with van der Waals surface area (Å²) in [6, 6.07) is 8.93. The van der Waals surface area contributed by atoms with Gasteiger partial charge in [-0.25, -0.2) is 0 Å². The Morgan fingerprint density at radius 3 is 2.39 bits per heavy atom. The molecule has 2 heterocycles. The molecule has 23 heavy (non-hydrogen) atoms. The lowest BCUT2D eigenvalue weighted by molar-refractivity contribution is 0.0322. The fourth-order valence-corrected chi connectivity index (χ4v) is 3.18. The van der Waals surface area contributed by atoms with Crippen molar-refractivity contribution in [3.63, 3.8) is 0 Å². The number of hydrogen-bond acceptors (Lipinski definition) is 5. The minimum atomic E-state index is 0.397. The predicted octanol–water partition coefficient (Wildman–Crippen LogP) is 1.32. The highest BCUT2D eigenvalue weighted by molar-refractivity contribution is 5.27. The molecular formula is C18H29N3O2. The summed E-state index contributed by atoms with van der Waals surface area (Å²) in [6.45, 7) is 8.66. The van der Waals surface area contributed by atoms with E-state index in [-0.39, 0.29) is 0 Å². The Hall–Kier alpha value is -1.14. The second-order valence-electron chi connectivity index (χ2n) is 6.56. The Morgan fingerprint density at radius 1 is 1.00 bits per heavy atom. The Balaban J connectivity index is 1.38. The maximum Gasteiger partial charge on any atom is 0.119 e. The molecule has 0 amide bonds. The van der Waals surface area contributed by atoms with Crippen LogP contribution in [0.4, 0.5) is 0 Å². The fraction of sp³-hybridized carbons (Fsp3) is 0.667. The van der Waals surface area contributed by atoms with E-state index in [1.54, 1.807) is 0 Å². The van der Waals surface area contributed by atoms with Crippen molar-refractivity contribution in [2.75, 3.05) is 52.5 Å². The topological polar surface area (TPSA) is 51.0 Å². The van der Waals surface area contributed by atoms with E-state index >= 15 is 0 Å². The molecule has 2 fully saturated rings. The lowest BCUT2D eigenvalue weighted by Crippen LogP contribution is -2.39. The van der Waals surface area contributed by atoms with Crippen LogP contribution in [0.25, 0.3) is 0 Å². The number of morpholine rings is 1. The molecule has 5 nitrogen and oxygen atoms in total. The average molecular weight is 319 g/mol. The fourth-order valence-electron chi connectivity index (χ4n) is 3.18. The number of piperidine rings is 1. The maximum atomic E-state index is 5.96. The van der Waals surface area contributed by atoms with E-state index in [4.69, 9.17) is 15.2 Å². The standard InChI is InChI=1S/C18H29N3O2/c19-17-5-7-21(8-6-17)15-16-1-3-18(4-2-16)23-14-11-20-9-12-22-13-10-20/h1-4,17H,5-15,19H2. The molecule has 128 valence electrons. The van der Waals surface area contributed by atoms with E-state index in [9.17, 15) is 0 Å². The van der Waals surface area contributed by atoms with Gasteiger partial charge in [0.15, 0.2) is 0 Å². The van der Waals surface area contributed by atoms with Crippen LogP contribution in [0.2, 0.25) is 0 Å². The molecule has 1 aromatic rings. The molecule has 0 bridgehead atoms. The summed E-state index contributed by atoms with van der Waals surface area (Å²) < 4.78 is 11.2. The van der Waals surface area contributed by atoms with E-state index < -0.39 is 0 Å². The molecule has 1 aromatic carbocycles. The monoisotopic (exact) mass is 319 g/mol. The molecule has 0 unspecified atom stereocenters. The molecule has 2 aliphatic rings. The summed E-state index contributed by atoms with van der Waals surface area (Å²) in [6.07, 6.45) is 2.23. The Morgan fingerprint density at radius 2 is 1.70 bits per heavy atom. The number of likely N-dealkylation sites (tertiary alicyclic amines) is 1. The summed E-state index contributed by atoms with van der Waals surface area (Å²) in [4.78, 5) is 4.87. The van der Waals surface area contributed by atoms with Crippen molar-refractivity contribution in [1.82, 2.24) is 9.80 Å². The SMILES string of the molecule is NC1CCN(Cc2ccc(OCCN3CCOCC3)cc2)CC1. The smallest absolute Gasteiger partial charge is 0.119 e. The van der Waals surface area contributed by atoms with E-state index in [1.807, 2.05) is 0 Å². The third-order valence-corrected chi connectivity index (χ3v) is 4.74. The summed E-state index contributed by atoms with van der Waals surface area (Å²) in [5.41, 5.74) is 7.31. The van der Waals surface area contributed by atoms with Gasteiger partial charge in [-0.3, -0.25) is 9.80 Å². The van der Waals surface area contributed by atoms with Gasteiger partial charge in [0.1, 0.15) is 12.4 Å². The minimum absolute atomic E-state index is 0.397. The van der Waals surface area contributed by atoms with Crippen LogP contribution in [-0.2, 0) is 11.3 Å². The van der Waals surface area contributed by atoms with Gasteiger partial charge in [0.05, 0.1) is 13.2 Å². The normalized spacial score (nSPS) is 21.4.